The topological polar surface area (TPSA) is 24.9 Å². The fourth-order valence-corrected chi connectivity index (χ4v) is 1.29. The molecule has 3 heteroatoms. The lowest BCUT2D eigenvalue weighted by Gasteiger charge is -2.07. The average Bonchev–Trinajstić information content (AvgIpc) is 2.52. The molecule has 1 atom stereocenters. The summed E-state index contributed by atoms with van der Waals surface area (Å²) in [4.78, 5) is 4.06. The van der Waals surface area contributed by atoms with E-state index in [0.717, 1.165) is 11.6 Å². The minimum Gasteiger partial charge on any atom is -0.348 e. The Hall–Kier alpha value is -1.01. The lowest BCUT2D eigenvalue weighted by molar-refractivity contribution is 0.856. The maximum Gasteiger partial charge on any atom is 0.183 e. The van der Waals surface area contributed by atoms with E-state index in [9.17, 15) is 0 Å². The van der Waals surface area contributed by atoms with Gasteiger partial charge in [-0.1, -0.05) is 12.8 Å². The molecule has 0 radical (unpaired) electrons. The summed E-state index contributed by atoms with van der Waals surface area (Å²) in [6.07, 6.45) is 7.95. The van der Waals surface area contributed by atoms with Gasteiger partial charge in [0.1, 0.15) is 0 Å². The Morgan fingerprint density at radius 3 is 3.18 bits per heavy atom. The first-order valence-corrected chi connectivity index (χ1v) is 4.37. The van der Waals surface area contributed by atoms with Gasteiger partial charge >= 0.3 is 0 Å². The summed E-state index contributed by atoms with van der Waals surface area (Å²) in [5, 5.41) is 5.95. The molecule has 0 aromatic carbocycles. The average molecular weight is 166 g/mol. The lowest BCUT2D eigenvalue weighted by Crippen LogP contribution is -2.15. The highest BCUT2D eigenvalue weighted by Gasteiger charge is 2.01. The maximum atomic E-state index is 5.26. The van der Waals surface area contributed by atoms with Crippen LogP contribution in [-0.4, -0.2) is 11.0 Å². The fourth-order valence-electron chi connectivity index (χ4n) is 0.705. The van der Waals surface area contributed by atoms with E-state index in [1.807, 2.05) is 12.3 Å². The summed E-state index contributed by atoms with van der Waals surface area (Å²) in [5.74, 6) is 2.65. The van der Waals surface area contributed by atoms with Gasteiger partial charge in [-0.2, -0.15) is 0 Å². The third-order valence-corrected chi connectivity index (χ3v) is 2.04. The van der Waals surface area contributed by atoms with Crippen LogP contribution < -0.4 is 5.32 Å². The molecule has 1 heterocycles. The number of aromatic nitrogens is 1. The number of nitrogens with zero attached hydrogens (tertiary/aromatic N) is 1. The molecule has 1 aromatic heterocycles. The molecule has 1 N–H and O–H groups in total. The van der Waals surface area contributed by atoms with Crippen LogP contribution in [0.3, 0.4) is 0 Å². The molecule has 11 heavy (non-hydrogen) atoms. The monoisotopic (exact) mass is 166 g/mol. The van der Waals surface area contributed by atoms with Crippen molar-refractivity contribution < 1.29 is 0 Å². The molecule has 2 nitrogen and oxygen atoms in total. The van der Waals surface area contributed by atoms with Crippen LogP contribution in [0.5, 0.6) is 0 Å². The van der Waals surface area contributed by atoms with Crippen molar-refractivity contribution in [1.82, 2.24) is 4.98 Å². The summed E-state index contributed by atoms with van der Waals surface area (Å²) < 4.78 is 0. The highest BCUT2D eigenvalue weighted by atomic mass is 32.1. The van der Waals surface area contributed by atoms with Gasteiger partial charge in [0, 0.05) is 11.6 Å². The SMILES string of the molecule is C#CC(CC)Nc1nccs1. The maximum absolute atomic E-state index is 5.26. The van der Waals surface area contributed by atoms with E-state index in [0.29, 0.717) is 0 Å². The molecule has 0 fully saturated rings. The van der Waals surface area contributed by atoms with Crippen LogP contribution >= 0.6 is 11.3 Å². The van der Waals surface area contributed by atoms with Crippen molar-refractivity contribution in [3.8, 4) is 12.3 Å². The van der Waals surface area contributed by atoms with Crippen LogP contribution in [0.4, 0.5) is 5.13 Å². The van der Waals surface area contributed by atoms with Crippen LogP contribution in [0.2, 0.25) is 0 Å². The first kappa shape index (κ1) is 8.09. The number of nitrogens with one attached hydrogen (secondary N) is 1. The zero-order valence-corrected chi connectivity index (χ0v) is 7.19. The smallest absolute Gasteiger partial charge is 0.183 e. The van der Waals surface area contributed by atoms with Gasteiger partial charge in [-0.05, 0) is 6.42 Å². The molecule has 0 amide bonds. The number of anilines is 1. The summed E-state index contributed by atoms with van der Waals surface area (Å²) in [5.41, 5.74) is 0. The van der Waals surface area contributed by atoms with Crippen molar-refractivity contribution >= 4 is 16.5 Å². The highest BCUT2D eigenvalue weighted by Crippen LogP contribution is 2.12. The van der Waals surface area contributed by atoms with E-state index in [2.05, 4.69) is 16.2 Å². The third kappa shape index (κ3) is 2.24. The van der Waals surface area contributed by atoms with Crippen LogP contribution in [0.15, 0.2) is 11.6 Å². The van der Waals surface area contributed by atoms with Crippen molar-refractivity contribution in [3.05, 3.63) is 11.6 Å². The van der Waals surface area contributed by atoms with Crippen LogP contribution in [0.1, 0.15) is 13.3 Å². The van der Waals surface area contributed by atoms with Crippen molar-refractivity contribution in [3.63, 3.8) is 0 Å². The Morgan fingerprint density at radius 1 is 1.91 bits per heavy atom. The second kappa shape index (κ2) is 3.99. The molecular formula is C8H10N2S. The fraction of sp³-hybridized carbons (Fsp3) is 0.375. The molecule has 0 aliphatic heterocycles. The molecule has 0 aliphatic carbocycles. The zero-order valence-electron chi connectivity index (χ0n) is 6.37. The van der Waals surface area contributed by atoms with E-state index in [-0.39, 0.29) is 6.04 Å². The Bertz CT molecular complexity index is 235. The molecule has 1 unspecified atom stereocenters. The summed E-state index contributed by atoms with van der Waals surface area (Å²) >= 11 is 1.56. The van der Waals surface area contributed by atoms with Gasteiger partial charge in [0.05, 0.1) is 6.04 Å². The molecular weight excluding hydrogens is 156 g/mol. The van der Waals surface area contributed by atoms with Gasteiger partial charge in [-0.15, -0.1) is 17.8 Å². The van der Waals surface area contributed by atoms with Gasteiger partial charge in [0.15, 0.2) is 5.13 Å². The Morgan fingerprint density at radius 2 is 2.73 bits per heavy atom. The van der Waals surface area contributed by atoms with E-state index >= 15 is 0 Å². The molecule has 0 aliphatic rings. The molecule has 0 saturated heterocycles. The Kier molecular flexibility index (Phi) is 2.94. The summed E-state index contributed by atoms with van der Waals surface area (Å²) in [7, 11) is 0. The third-order valence-electron chi connectivity index (χ3n) is 1.34. The summed E-state index contributed by atoms with van der Waals surface area (Å²) in [6, 6.07) is 0.112. The van der Waals surface area contributed by atoms with Crippen LogP contribution in [-0.2, 0) is 0 Å². The second-order valence-corrected chi connectivity index (χ2v) is 3.00. The number of thiazole rings is 1. The molecule has 58 valence electrons. The predicted octanol–water partition coefficient (Wildman–Crippen LogP) is 1.97. The van der Waals surface area contributed by atoms with Gasteiger partial charge < -0.3 is 5.32 Å². The quantitative estimate of drug-likeness (QED) is 0.694. The van der Waals surface area contributed by atoms with Crippen LogP contribution in [0, 0.1) is 12.3 Å². The molecule has 0 bridgehead atoms. The van der Waals surface area contributed by atoms with Gasteiger partial charge in [-0.25, -0.2) is 4.98 Å². The van der Waals surface area contributed by atoms with Crippen molar-refractivity contribution in [2.24, 2.45) is 0 Å². The highest BCUT2D eigenvalue weighted by molar-refractivity contribution is 7.13. The molecule has 0 spiro atoms. The lowest BCUT2D eigenvalue weighted by atomic mass is 10.2. The van der Waals surface area contributed by atoms with E-state index < -0.39 is 0 Å². The van der Waals surface area contributed by atoms with Gasteiger partial charge in [0.25, 0.3) is 0 Å². The van der Waals surface area contributed by atoms with Crippen molar-refractivity contribution in [1.29, 1.82) is 0 Å². The number of hydrogen-bond donors (Lipinski definition) is 1. The summed E-state index contributed by atoms with van der Waals surface area (Å²) in [6.45, 7) is 2.05. The van der Waals surface area contributed by atoms with Gasteiger partial charge in [-0.3, -0.25) is 0 Å². The van der Waals surface area contributed by atoms with E-state index in [4.69, 9.17) is 6.42 Å². The minimum absolute atomic E-state index is 0.112. The normalized spacial score (nSPS) is 12.0. The molecule has 1 rings (SSSR count). The largest absolute Gasteiger partial charge is 0.348 e. The number of rotatable bonds is 3. The Labute approximate surface area is 70.7 Å². The first-order valence-electron chi connectivity index (χ1n) is 3.49. The Balaban J connectivity index is 2.49. The second-order valence-electron chi connectivity index (χ2n) is 2.11. The van der Waals surface area contributed by atoms with Crippen molar-refractivity contribution in [2.45, 2.75) is 19.4 Å². The standard InChI is InChI=1S/C8H10N2S/c1-3-7(4-2)10-8-9-5-6-11-8/h1,5-7H,4H2,2H3,(H,9,10). The first-order chi connectivity index (χ1) is 5.36. The minimum atomic E-state index is 0.112. The van der Waals surface area contributed by atoms with E-state index in [1.165, 1.54) is 0 Å². The number of hydrogen-bond acceptors (Lipinski definition) is 3. The molecule has 1 aromatic rings. The van der Waals surface area contributed by atoms with Gasteiger partial charge in [0.2, 0.25) is 0 Å². The molecule has 0 saturated carbocycles. The van der Waals surface area contributed by atoms with E-state index in [1.54, 1.807) is 17.5 Å². The number of terminal acetylenes is 1. The predicted molar refractivity (Wildman–Crippen MR) is 48.6 cm³/mol. The van der Waals surface area contributed by atoms with Crippen LogP contribution in [0.25, 0.3) is 0 Å². The van der Waals surface area contributed by atoms with Crippen molar-refractivity contribution in [2.75, 3.05) is 5.32 Å². The zero-order chi connectivity index (χ0) is 8.10.